The molecule has 1 N–H and O–H groups in total. The Morgan fingerprint density at radius 2 is 2.10 bits per heavy atom. The molecule has 0 amide bonds. The molecule has 110 valence electrons. The molecule has 0 spiro atoms. The number of hydrogen-bond donors (Lipinski definition) is 1. The smallest absolute Gasteiger partial charge is 0.124 e. The topological polar surface area (TPSA) is 33.6 Å². The molecule has 1 aromatic carbocycles. The van der Waals surface area contributed by atoms with Crippen molar-refractivity contribution < 1.29 is 4.74 Å². The molecule has 0 radical (unpaired) electrons. The van der Waals surface area contributed by atoms with Gasteiger partial charge in [-0.05, 0) is 18.9 Å². The Kier molecular flexibility index (Phi) is 3.93. The fourth-order valence-electron chi connectivity index (χ4n) is 3.29. The van der Waals surface area contributed by atoms with Gasteiger partial charge in [-0.1, -0.05) is 54.6 Å². The largest absolute Gasteiger partial charge is 0.377 e. The van der Waals surface area contributed by atoms with Gasteiger partial charge in [0.1, 0.15) is 18.5 Å². The quantitative estimate of drug-likeness (QED) is 0.919. The molecular formula is C18H22N2O. The second-order valence-corrected chi connectivity index (χ2v) is 5.88. The van der Waals surface area contributed by atoms with E-state index in [9.17, 15) is 0 Å². The highest BCUT2D eigenvalue weighted by atomic mass is 16.5. The van der Waals surface area contributed by atoms with Crippen LogP contribution < -0.4 is 5.32 Å². The summed E-state index contributed by atoms with van der Waals surface area (Å²) in [6.45, 7) is 2.80. The Balaban J connectivity index is 1.94. The summed E-state index contributed by atoms with van der Waals surface area (Å²) in [5.41, 5.74) is 1.14. The lowest BCUT2D eigenvalue weighted by Gasteiger charge is -2.38. The van der Waals surface area contributed by atoms with Crippen LogP contribution in [-0.4, -0.2) is 25.1 Å². The fraction of sp³-hybridized carbons (Fsp3) is 0.389. The van der Waals surface area contributed by atoms with Gasteiger partial charge in [-0.15, -0.1) is 0 Å². The van der Waals surface area contributed by atoms with Crippen molar-refractivity contribution >= 4 is 5.84 Å². The Bertz CT molecular complexity index is 576. The van der Waals surface area contributed by atoms with E-state index in [1.54, 1.807) is 7.11 Å². The molecule has 0 saturated heterocycles. The SMILES string of the molecule is COCC1=N[C@H](c2ccccc2)[C@](C)(C2C=CC=CC2)N1. The number of hydrogen-bond acceptors (Lipinski definition) is 3. The summed E-state index contributed by atoms with van der Waals surface area (Å²) in [5.74, 6) is 1.36. The molecule has 0 fully saturated rings. The number of aliphatic imine (C=N–C) groups is 1. The van der Waals surface area contributed by atoms with Gasteiger partial charge in [-0.2, -0.15) is 0 Å². The lowest BCUT2D eigenvalue weighted by atomic mass is 9.75. The number of nitrogens with one attached hydrogen (secondary N) is 1. The van der Waals surface area contributed by atoms with Crippen LogP contribution in [0, 0.1) is 5.92 Å². The third-order valence-electron chi connectivity index (χ3n) is 4.41. The first-order chi connectivity index (χ1) is 10.2. The summed E-state index contributed by atoms with van der Waals surface area (Å²) >= 11 is 0. The van der Waals surface area contributed by atoms with E-state index in [0.717, 1.165) is 12.3 Å². The van der Waals surface area contributed by atoms with Gasteiger partial charge in [0.25, 0.3) is 0 Å². The minimum atomic E-state index is -0.115. The van der Waals surface area contributed by atoms with E-state index in [0.29, 0.717) is 12.5 Å². The second-order valence-electron chi connectivity index (χ2n) is 5.88. The second kappa shape index (κ2) is 5.86. The van der Waals surface area contributed by atoms with Crippen LogP contribution in [0.4, 0.5) is 0 Å². The Morgan fingerprint density at radius 1 is 1.29 bits per heavy atom. The molecule has 3 rings (SSSR count). The monoisotopic (exact) mass is 282 g/mol. The van der Waals surface area contributed by atoms with Gasteiger partial charge in [0.05, 0.1) is 5.54 Å². The Hall–Kier alpha value is -1.87. The van der Waals surface area contributed by atoms with E-state index in [1.807, 2.05) is 6.07 Å². The molecule has 0 bridgehead atoms. The highest BCUT2D eigenvalue weighted by Crippen LogP contribution is 2.41. The summed E-state index contributed by atoms with van der Waals surface area (Å²) < 4.78 is 5.27. The third-order valence-corrected chi connectivity index (χ3v) is 4.41. The molecule has 0 saturated carbocycles. The van der Waals surface area contributed by atoms with Crippen molar-refractivity contribution in [3.63, 3.8) is 0 Å². The van der Waals surface area contributed by atoms with Crippen molar-refractivity contribution in [2.45, 2.75) is 24.9 Å². The molecule has 3 nitrogen and oxygen atoms in total. The van der Waals surface area contributed by atoms with Gasteiger partial charge in [-0.3, -0.25) is 4.99 Å². The molecule has 0 aromatic heterocycles. The van der Waals surface area contributed by atoms with Gasteiger partial charge in [0.15, 0.2) is 0 Å². The minimum absolute atomic E-state index is 0.115. The van der Waals surface area contributed by atoms with Crippen molar-refractivity contribution in [1.82, 2.24) is 5.32 Å². The normalized spacial score (nSPS) is 31.0. The first kappa shape index (κ1) is 14.1. The predicted molar refractivity (Wildman–Crippen MR) is 86.4 cm³/mol. The molecular weight excluding hydrogens is 260 g/mol. The Morgan fingerprint density at radius 3 is 2.76 bits per heavy atom. The fourth-order valence-corrected chi connectivity index (χ4v) is 3.29. The molecule has 21 heavy (non-hydrogen) atoms. The number of nitrogens with zero attached hydrogens (tertiary/aromatic N) is 1. The first-order valence-corrected chi connectivity index (χ1v) is 7.46. The number of benzene rings is 1. The Labute approximate surface area is 126 Å². The summed E-state index contributed by atoms with van der Waals surface area (Å²) in [6, 6.07) is 10.6. The molecule has 2 aliphatic rings. The van der Waals surface area contributed by atoms with Gasteiger partial charge in [0.2, 0.25) is 0 Å². The van der Waals surface area contributed by atoms with Crippen LogP contribution in [0.2, 0.25) is 0 Å². The lowest BCUT2D eigenvalue weighted by Crippen LogP contribution is -2.50. The van der Waals surface area contributed by atoms with Crippen LogP contribution in [0.15, 0.2) is 59.6 Å². The number of rotatable bonds is 4. The molecule has 3 atom stereocenters. The lowest BCUT2D eigenvalue weighted by molar-refractivity contribution is 0.237. The molecule has 3 heteroatoms. The van der Waals surface area contributed by atoms with Crippen molar-refractivity contribution in [3.8, 4) is 0 Å². The standard InChI is InChI=1S/C18H22N2O/c1-18(15-11-7-4-8-12-15)17(14-9-5-3-6-10-14)19-16(20-18)13-21-2/h3-11,15,17H,12-13H2,1-2H3,(H,19,20)/t15?,17-,18+/m1/s1. The van der Waals surface area contributed by atoms with E-state index < -0.39 is 0 Å². The third kappa shape index (κ3) is 2.66. The molecule has 1 aliphatic carbocycles. The average molecular weight is 282 g/mol. The molecule has 1 aliphatic heterocycles. The molecule has 1 heterocycles. The van der Waals surface area contributed by atoms with Crippen molar-refractivity contribution in [3.05, 3.63) is 60.2 Å². The number of allylic oxidation sites excluding steroid dienone is 3. The van der Waals surface area contributed by atoms with E-state index in [2.05, 4.69) is 60.8 Å². The summed E-state index contributed by atoms with van der Waals surface area (Å²) in [7, 11) is 1.71. The van der Waals surface area contributed by atoms with E-state index >= 15 is 0 Å². The maximum atomic E-state index is 5.27. The average Bonchev–Trinajstić information content (AvgIpc) is 2.87. The van der Waals surface area contributed by atoms with Gasteiger partial charge < -0.3 is 10.1 Å². The van der Waals surface area contributed by atoms with E-state index in [-0.39, 0.29) is 11.6 Å². The minimum Gasteiger partial charge on any atom is -0.377 e. The molecule has 1 unspecified atom stereocenters. The van der Waals surface area contributed by atoms with Crippen LogP contribution in [0.1, 0.15) is 24.9 Å². The maximum absolute atomic E-state index is 5.27. The molecule has 1 aromatic rings. The van der Waals surface area contributed by atoms with Crippen LogP contribution >= 0.6 is 0 Å². The zero-order valence-corrected chi connectivity index (χ0v) is 12.6. The van der Waals surface area contributed by atoms with Crippen molar-refractivity contribution in [1.29, 1.82) is 0 Å². The summed E-state index contributed by atoms with van der Waals surface area (Å²) in [6.07, 6.45) is 9.81. The summed E-state index contributed by atoms with van der Waals surface area (Å²) in [4.78, 5) is 4.90. The summed E-state index contributed by atoms with van der Waals surface area (Å²) in [5, 5.41) is 3.63. The maximum Gasteiger partial charge on any atom is 0.124 e. The van der Waals surface area contributed by atoms with E-state index in [4.69, 9.17) is 9.73 Å². The number of ether oxygens (including phenoxy) is 1. The highest BCUT2D eigenvalue weighted by molar-refractivity contribution is 5.86. The van der Waals surface area contributed by atoms with Crippen LogP contribution in [0.3, 0.4) is 0 Å². The predicted octanol–water partition coefficient (Wildman–Crippen LogP) is 3.27. The highest BCUT2D eigenvalue weighted by Gasteiger charge is 2.45. The van der Waals surface area contributed by atoms with Crippen LogP contribution in [-0.2, 0) is 4.74 Å². The van der Waals surface area contributed by atoms with Crippen LogP contribution in [0.5, 0.6) is 0 Å². The van der Waals surface area contributed by atoms with Crippen LogP contribution in [0.25, 0.3) is 0 Å². The van der Waals surface area contributed by atoms with Gasteiger partial charge in [0, 0.05) is 13.0 Å². The number of amidine groups is 1. The van der Waals surface area contributed by atoms with Gasteiger partial charge in [-0.25, -0.2) is 0 Å². The van der Waals surface area contributed by atoms with E-state index in [1.165, 1.54) is 5.56 Å². The number of methoxy groups -OCH3 is 1. The zero-order chi connectivity index (χ0) is 14.7. The van der Waals surface area contributed by atoms with Gasteiger partial charge >= 0.3 is 0 Å². The first-order valence-electron chi connectivity index (χ1n) is 7.46. The van der Waals surface area contributed by atoms with Crippen molar-refractivity contribution in [2.75, 3.05) is 13.7 Å². The van der Waals surface area contributed by atoms with Crippen molar-refractivity contribution in [2.24, 2.45) is 10.9 Å². The zero-order valence-electron chi connectivity index (χ0n) is 12.6.